The van der Waals surface area contributed by atoms with E-state index in [4.69, 9.17) is 21.1 Å². The van der Waals surface area contributed by atoms with Crippen molar-refractivity contribution in [2.45, 2.75) is 13.0 Å². The largest absolute Gasteiger partial charge is 0.454 e. The highest BCUT2D eigenvalue weighted by atomic mass is 35.5. The fourth-order valence-electron chi connectivity index (χ4n) is 3.72. The first-order valence-corrected chi connectivity index (χ1v) is 11.2. The Hall–Kier alpha value is -4.08. The Morgan fingerprint density at radius 2 is 2.06 bits per heavy atom. The Labute approximate surface area is 206 Å². The number of nitrogens with one attached hydrogen (secondary N) is 2. The number of amides is 1. The normalized spacial score (nSPS) is 12.9. The zero-order chi connectivity index (χ0) is 24.4. The summed E-state index contributed by atoms with van der Waals surface area (Å²) in [5.41, 5.74) is 2.73. The number of halogens is 1. The van der Waals surface area contributed by atoms with Gasteiger partial charge in [-0.15, -0.1) is 0 Å². The molecule has 2 aromatic carbocycles. The van der Waals surface area contributed by atoms with E-state index in [-0.39, 0.29) is 19.3 Å². The van der Waals surface area contributed by atoms with E-state index in [1.165, 1.54) is 0 Å². The summed E-state index contributed by atoms with van der Waals surface area (Å²) in [4.78, 5) is 21.8. The number of rotatable bonds is 7. The van der Waals surface area contributed by atoms with E-state index < -0.39 is 6.04 Å². The Kier molecular flexibility index (Phi) is 6.26. The van der Waals surface area contributed by atoms with Gasteiger partial charge in [-0.25, -0.2) is 4.98 Å². The lowest BCUT2D eigenvalue weighted by Gasteiger charge is -2.16. The fraction of sp³-hybridized carbons (Fsp3) is 0.160. The van der Waals surface area contributed by atoms with Gasteiger partial charge in [-0.05, 0) is 42.8 Å². The van der Waals surface area contributed by atoms with E-state index in [9.17, 15) is 9.90 Å². The molecule has 1 aliphatic heterocycles. The SMILES string of the molecule is Cc1cnc(Nc2ccc3c(c2)OCO3)nc1-n1ccc(C(=O)NC(CO)c2cccc(Cl)c2)c1. The molecule has 1 unspecified atom stereocenters. The second-order valence-corrected chi connectivity index (χ2v) is 8.40. The van der Waals surface area contributed by atoms with Crippen molar-refractivity contribution < 1.29 is 19.4 Å². The van der Waals surface area contributed by atoms with E-state index in [2.05, 4.69) is 20.6 Å². The van der Waals surface area contributed by atoms with Crippen molar-refractivity contribution in [3.63, 3.8) is 0 Å². The highest BCUT2D eigenvalue weighted by Gasteiger charge is 2.18. The molecular formula is C25H22ClN5O4. The minimum absolute atomic E-state index is 0.200. The van der Waals surface area contributed by atoms with Crippen LogP contribution in [0.4, 0.5) is 11.6 Å². The molecule has 35 heavy (non-hydrogen) atoms. The van der Waals surface area contributed by atoms with E-state index in [0.29, 0.717) is 33.9 Å². The van der Waals surface area contributed by atoms with Gasteiger partial charge in [0.05, 0.1) is 18.2 Å². The number of anilines is 2. The summed E-state index contributed by atoms with van der Waals surface area (Å²) in [6, 6.07) is 13.6. The Balaban J connectivity index is 1.33. The van der Waals surface area contributed by atoms with Gasteiger partial charge in [0.15, 0.2) is 11.5 Å². The summed E-state index contributed by atoms with van der Waals surface area (Å²) in [5.74, 6) is 2.04. The van der Waals surface area contributed by atoms with Crippen molar-refractivity contribution in [1.82, 2.24) is 19.9 Å². The van der Waals surface area contributed by atoms with Gasteiger partial charge in [0.2, 0.25) is 12.7 Å². The molecule has 1 atom stereocenters. The van der Waals surface area contributed by atoms with E-state index in [1.807, 2.05) is 25.1 Å². The van der Waals surface area contributed by atoms with Crippen LogP contribution in [0.3, 0.4) is 0 Å². The smallest absolute Gasteiger partial charge is 0.253 e. The van der Waals surface area contributed by atoms with Crippen molar-refractivity contribution in [1.29, 1.82) is 0 Å². The third kappa shape index (κ3) is 4.91. The second kappa shape index (κ2) is 9.65. The Morgan fingerprint density at radius 3 is 2.89 bits per heavy atom. The van der Waals surface area contributed by atoms with Crippen LogP contribution in [0.1, 0.15) is 27.5 Å². The Bertz CT molecular complexity index is 1390. The molecule has 3 N–H and O–H groups in total. The molecule has 0 spiro atoms. The number of ether oxygens (including phenoxy) is 2. The lowest BCUT2D eigenvalue weighted by molar-refractivity contribution is 0.0916. The predicted octanol–water partition coefficient (Wildman–Crippen LogP) is 4.16. The summed E-state index contributed by atoms with van der Waals surface area (Å²) < 4.78 is 12.5. The highest BCUT2D eigenvalue weighted by molar-refractivity contribution is 6.30. The van der Waals surface area contributed by atoms with Gasteiger partial charge in [0.1, 0.15) is 5.82 Å². The number of fused-ring (bicyclic) bond motifs is 1. The molecule has 2 aromatic heterocycles. The van der Waals surface area contributed by atoms with Crippen LogP contribution in [-0.2, 0) is 0 Å². The van der Waals surface area contributed by atoms with Crippen LogP contribution in [-0.4, -0.2) is 38.9 Å². The molecule has 1 aliphatic rings. The zero-order valence-electron chi connectivity index (χ0n) is 18.7. The number of aryl methyl sites for hydroxylation is 1. The maximum Gasteiger partial charge on any atom is 0.253 e. The first kappa shape index (κ1) is 22.7. The molecule has 3 heterocycles. The number of hydrogen-bond acceptors (Lipinski definition) is 7. The molecule has 4 aromatic rings. The second-order valence-electron chi connectivity index (χ2n) is 7.96. The third-order valence-electron chi connectivity index (χ3n) is 5.51. The minimum atomic E-state index is -0.581. The Morgan fingerprint density at radius 1 is 1.20 bits per heavy atom. The summed E-state index contributed by atoms with van der Waals surface area (Å²) in [7, 11) is 0. The van der Waals surface area contributed by atoms with E-state index in [1.54, 1.807) is 53.5 Å². The number of carbonyl (C=O) groups is 1. The topological polar surface area (TPSA) is 111 Å². The van der Waals surface area contributed by atoms with Gasteiger partial charge in [-0.1, -0.05) is 23.7 Å². The van der Waals surface area contributed by atoms with Crippen LogP contribution in [0.2, 0.25) is 5.02 Å². The molecule has 0 aliphatic carbocycles. The van der Waals surface area contributed by atoms with Crippen molar-refractivity contribution in [3.8, 4) is 17.3 Å². The van der Waals surface area contributed by atoms with Crippen LogP contribution >= 0.6 is 11.6 Å². The zero-order valence-corrected chi connectivity index (χ0v) is 19.5. The first-order valence-electron chi connectivity index (χ1n) is 10.9. The number of aliphatic hydroxyl groups excluding tert-OH is 1. The average molecular weight is 492 g/mol. The monoisotopic (exact) mass is 491 g/mol. The first-order chi connectivity index (χ1) is 17.0. The lowest BCUT2D eigenvalue weighted by Crippen LogP contribution is -2.30. The van der Waals surface area contributed by atoms with Gasteiger partial charge in [0, 0.05) is 40.9 Å². The summed E-state index contributed by atoms with van der Waals surface area (Å²) in [6.45, 7) is 1.83. The predicted molar refractivity (Wildman–Crippen MR) is 131 cm³/mol. The molecule has 1 amide bonds. The van der Waals surface area contributed by atoms with Gasteiger partial charge in [-0.3, -0.25) is 4.79 Å². The van der Waals surface area contributed by atoms with Crippen LogP contribution in [0.25, 0.3) is 5.82 Å². The van der Waals surface area contributed by atoms with Gasteiger partial charge < -0.3 is 29.8 Å². The molecule has 9 nitrogen and oxygen atoms in total. The summed E-state index contributed by atoms with van der Waals surface area (Å²) in [5, 5.41) is 16.3. The number of aromatic nitrogens is 3. The van der Waals surface area contributed by atoms with Crippen LogP contribution in [0, 0.1) is 6.92 Å². The van der Waals surface area contributed by atoms with Crippen LogP contribution < -0.4 is 20.1 Å². The quantitative estimate of drug-likeness (QED) is 0.356. The number of aliphatic hydroxyl groups is 1. The average Bonchev–Trinajstić information content (AvgIpc) is 3.53. The maximum absolute atomic E-state index is 12.9. The molecule has 0 saturated heterocycles. The summed E-state index contributed by atoms with van der Waals surface area (Å²) in [6.07, 6.45) is 5.14. The van der Waals surface area contributed by atoms with Crippen LogP contribution in [0.5, 0.6) is 11.5 Å². The van der Waals surface area contributed by atoms with Gasteiger partial charge in [-0.2, -0.15) is 4.98 Å². The molecular weight excluding hydrogens is 470 g/mol. The standard InChI is InChI=1S/C25H22ClN5O4/c1-15-11-27-25(28-19-5-6-21-22(10-19)35-14-34-21)30-23(15)31-8-7-17(12-31)24(33)29-20(13-32)16-3-2-4-18(26)9-16/h2-12,20,32H,13-14H2,1H3,(H,29,33)(H,27,28,30). The number of carbonyl (C=O) groups excluding carboxylic acids is 1. The molecule has 178 valence electrons. The maximum atomic E-state index is 12.9. The number of benzene rings is 2. The fourth-order valence-corrected chi connectivity index (χ4v) is 3.92. The molecule has 5 rings (SSSR count). The molecule has 0 radical (unpaired) electrons. The van der Waals surface area contributed by atoms with Crippen molar-refractivity contribution in [2.75, 3.05) is 18.7 Å². The van der Waals surface area contributed by atoms with Gasteiger partial charge in [0.25, 0.3) is 5.91 Å². The minimum Gasteiger partial charge on any atom is -0.454 e. The van der Waals surface area contributed by atoms with Gasteiger partial charge >= 0.3 is 0 Å². The molecule has 0 fully saturated rings. The van der Waals surface area contributed by atoms with Crippen LogP contribution in [0.15, 0.2) is 67.1 Å². The lowest BCUT2D eigenvalue weighted by atomic mass is 10.1. The van der Waals surface area contributed by atoms with Crippen molar-refractivity contribution in [2.24, 2.45) is 0 Å². The van der Waals surface area contributed by atoms with Crippen molar-refractivity contribution in [3.05, 3.63) is 88.8 Å². The van der Waals surface area contributed by atoms with Crippen molar-refractivity contribution >= 4 is 29.1 Å². The number of hydrogen-bond donors (Lipinski definition) is 3. The molecule has 0 bridgehead atoms. The molecule has 0 saturated carbocycles. The highest BCUT2D eigenvalue weighted by Crippen LogP contribution is 2.34. The third-order valence-corrected chi connectivity index (χ3v) is 5.75. The molecule has 10 heteroatoms. The number of nitrogens with zero attached hydrogens (tertiary/aromatic N) is 3. The van der Waals surface area contributed by atoms with E-state index in [0.717, 1.165) is 16.8 Å². The summed E-state index contributed by atoms with van der Waals surface area (Å²) >= 11 is 6.05. The van der Waals surface area contributed by atoms with E-state index >= 15 is 0 Å².